The van der Waals surface area contributed by atoms with Crippen LogP contribution in [0.15, 0.2) is 48.5 Å². The van der Waals surface area contributed by atoms with Gasteiger partial charge in [0.1, 0.15) is 5.75 Å². The van der Waals surface area contributed by atoms with Crippen LogP contribution in [-0.4, -0.2) is 48.5 Å². The number of hydrazine groups is 1. The van der Waals surface area contributed by atoms with Gasteiger partial charge in [-0.1, -0.05) is 29.8 Å². The zero-order valence-corrected chi connectivity index (χ0v) is 17.9. The zero-order chi connectivity index (χ0) is 23.1. The van der Waals surface area contributed by atoms with Gasteiger partial charge in [0, 0.05) is 12.0 Å². The highest BCUT2D eigenvalue weighted by molar-refractivity contribution is 5.97. The summed E-state index contributed by atoms with van der Waals surface area (Å²) in [5.41, 5.74) is 4.31. The molecule has 1 saturated heterocycles. The Kier molecular flexibility index (Phi) is 7.43. The number of carbonyl (C=O) groups excluding carboxylic acids is 4. The number of ether oxygens (including phenoxy) is 2. The second kappa shape index (κ2) is 10.4. The highest BCUT2D eigenvalue weighted by Gasteiger charge is 2.36. The van der Waals surface area contributed by atoms with Gasteiger partial charge < -0.3 is 14.8 Å². The van der Waals surface area contributed by atoms with Crippen LogP contribution in [0.2, 0.25) is 0 Å². The maximum absolute atomic E-state index is 12.4. The largest absolute Gasteiger partial charge is 0.492 e. The van der Waals surface area contributed by atoms with Crippen molar-refractivity contribution in [3.8, 4) is 5.75 Å². The number of rotatable bonds is 8. The predicted molar refractivity (Wildman–Crippen MR) is 116 cm³/mol. The summed E-state index contributed by atoms with van der Waals surface area (Å²) in [5.74, 6) is -2.32. The SMILES string of the molecule is CCOc1ccccc1NC(=O)COC(=O)[C@@H]1CC(=O)N(NC(=O)c2cccc(C)c2)C1. The molecular formula is C23H25N3O6. The first kappa shape index (κ1) is 22.8. The van der Waals surface area contributed by atoms with E-state index in [1.54, 1.807) is 42.5 Å². The topological polar surface area (TPSA) is 114 Å². The number of aryl methyl sites for hydroxylation is 1. The summed E-state index contributed by atoms with van der Waals surface area (Å²) in [6.07, 6.45) is -0.109. The predicted octanol–water partition coefficient (Wildman–Crippen LogP) is 2.07. The van der Waals surface area contributed by atoms with E-state index < -0.39 is 36.2 Å². The van der Waals surface area contributed by atoms with Crippen molar-refractivity contribution in [2.75, 3.05) is 25.1 Å². The molecule has 3 rings (SSSR count). The van der Waals surface area contributed by atoms with Crippen molar-refractivity contribution in [1.29, 1.82) is 0 Å². The molecule has 0 bridgehead atoms. The molecule has 0 radical (unpaired) electrons. The van der Waals surface area contributed by atoms with Crippen LogP contribution >= 0.6 is 0 Å². The van der Waals surface area contributed by atoms with E-state index in [0.717, 1.165) is 10.6 Å². The molecule has 1 fully saturated rings. The smallest absolute Gasteiger partial charge is 0.311 e. The second-order valence-electron chi connectivity index (χ2n) is 7.30. The average Bonchev–Trinajstić information content (AvgIpc) is 3.14. The number of anilines is 1. The van der Waals surface area contributed by atoms with Gasteiger partial charge in [-0.3, -0.25) is 29.6 Å². The van der Waals surface area contributed by atoms with Crippen LogP contribution in [0.4, 0.5) is 5.69 Å². The summed E-state index contributed by atoms with van der Waals surface area (Å²) < 4.78 is 10.5. The van der Waals surface area contributed by atoms with E-state index in [9.17, 15) is 19.2 Å². The standard InChI is InChI=1S/C23H25N3O6/c1-3-31-19-10-5-4-9-18(19)24-20(27)14-32-23(30)17-12-21(28)26(13-17)25-22(29)16-8-6-7-15(2)11-16/h4-11,17H,3,12-14H2,1-2H3,(H,24,27)(H,25,29)/t17-/m1/s1. The summed E-state index contributed by atoms with van der Waals surface area (Å²) >= 11 is 0. The molecule has 1 atom stereocenters. The first-order valence-corrected chi connectivity index (χ1v) is 10.2. The van der Waals surface area contributed by atoms with Gasteiger partial charge in [-0.15, -0.1) is 0 Å². The number of esters is 1. The quantitative estimate of drug-likeness (QED) is 0.609. The average molecular weight is 439 g/mol. The van der Waals surface area contributed by atoms with Gasteiger partial charge in [0.25, 0.3) is 11.8 Å². The minimum Gasteiger partial charge on any atom is -0.492 e. The van der Waals surface area contributed by atoms with E-state index >= 15 is 0 Å². The maximum atomic E-state index is 12.4. The summed E-state index contributed by atoms with van der Waals surface area (Å²) in [7, 11) is 0. The molecule has 2 aromatic carbocycles. The number of hydrogen-bond acceptors (Lipinski definition) is 6. The van der Waals surface area contributed by atoms with Crippen molar-refractivity contribution in [2.24, 2.45) is 5.92 Å². The Labute approximate surface area is 185 Å². The van der Waals surface area contributed by atoms with E-state index in [1.165, 1.54) is 0 Å². The van der Waals surface area contributed by atoms with Crippen molar-refractivity contribution in [2.45, 2.75) is 20.3 Å². The van der Waals surface area contributed by atoms with Gasteiger partial charge in [0.05, 0.1) is 24.8 Å². The summed E-state index contributed by atoms with van der Waals surface area (Å²) in [6, 6.07) is 13.9. The van der Waals surface area contributed by atoms with Crippen molar-refractivity contribution in [3.63, 3.8) is 0 Å². The monoisotopic (exact) mass is 439 g/mol. The second-order valence-corrected chi connectivity index (χ2v) is 7.30. The zero-order valence-electron chi connectivity index (χ0n) is 17.9. The highest BCUT2D eigenvalue weighted by Crippen LogP contribution is 2.23. The maximum Gasteiger partial charge on any atom is 0.311 e. The molecule has 0 unspecified atom stereocenters. The molecule has 0 saturated carbocycles. The Balaban J connectivity index is 1.49. The third-order valence-corrected chi connectivity index (χ3v) is 4.78. The molecule has 1 aliphatic rings. The fourth-order valence-electron chi connectivity index (χ4n) is 3.24. The molecular weight excluding hydrogens is 414 g/mol. The molecule has 1 heterocycles. The van der Waals surface area contributed by atoms with E-state index in [0.29, 0.717) is 23.6 Å². The van der Waals surface area contributed by atoms with Crippen LogP contribution in [0.5, 0.6) is 5.75 Å². The third kappa shape index (κ3) is 5.84. The van der Waals surface area contributed by atoms with Crippen LogP contribution in [0.3, 0.4) is 0 Å². The van der Waals surface area contributed by atoms with Gasteiger partial charge >= 0.3 is 5.97 Å². The van der Waals surface area contributed by atoms with E-state index in [4.69, 9.17) is 9.47 Å². The van der Waals surface area contributed by atoms with E-state index in [-0.39, 0.29) is 13.0 Å². The van der Waals surface area contributed by atoms with Crippen LogP contribution in [-0.2, 0) is 19.1 Å². The number of hydrogen-bond donors (Lipinski definition) is 2. The lowest BCUT2D eigenvalue weighted by Crippen LogP contribution is -2.43. The van der Waals surface area contributed by atoms with Gasteiger partial charge in [-0.05, 0) is 38.1 Å². The molecule has 32 heavy (non-hydrogen) atoms. The molecule has 9 heteroatoms. The lowest BCUT2D eigenvalue weighted by atomic mass is 10.1. The molecule has 0 aromatic heterocycles. The summed E-state index contributed by atoms with van der Waals surface area (Å²) in [4.78, 5) is 49.1. The Morgan fingerprint density at radius 2 is 1.91 bits per heavy atom. The first-order valence-electron chi connectivity index (χ1n) is 10.2. The number of nitrogens with one attached hydrogen (secondary N) is 2. The van der Waals surface area contributed by atoms with E-state index in [1.807, 2.05) is 19.9 Å². The minimum absolute atomic E-state index is 0.0238. The highest BCUT2D eigenvalue weighted by atomic mass is 16.5. The lowest BCUT2D eigenvalue weighted by Gasteiger charge is -2.17. The van der Waals surface area contributed by atoms with Gasteiger partial charge in [-0.25, -0.2) is 0 Å². The number of nitrogens with zero attached hydrogens (tertiary/aromatic N) is 1. The summed E-state index contributed by atoms with van der Waals surface area (Å²) in [6.45, 7) is 3.60. The number of carbonyl (C=O) groups is 4. The van der Waals surface area contributed by atoms with Crippen molar-refractivity contribution < 1.29 is 28.7 Å². The van der Waals surface area contributed by atoms with Gasteiger partial charge in [0.2, 0.25) is 5.91 Å². The van der Waals surface area contributed by atoms with Crippen LogP contribution < -0.4 is 15.5 Å². The lowest BCUT2D eigenvalue weighted by molar-refractivity contribution is -0.151. The number of benzene rings is 2. The molecule has 2 N–H and O–H groups in total. The molecule has 3 amide bonds. The fraction of sp³-hybridized carbons (Fsp3) is 0.304. The van der Waals surface area contributed by atoms with Crippen LogP contribution in [0, 0.1) is 12.8 Å². The Hall–Kier alpha value is -3.88. The fourth-order valence-corrected chi connectivity index (χ4v) is 3.24. The van der Waals surface area contributed by atoms with Crippen molar-refractivity contribution in [3.05, 3.63) is 59.7 Å². The molecule has 0 spiro atoms. The number of amides is 3. The van der Waals surface area contributed by atoms with Gasteiger partial charge in [-0.2, -0.15) is 0 Å². The van der Waals surface area contributed by atoms with Crippen LogP contribution in [0.25, 0.3) is 0 Å². The van der Waals surface area contributed by atoms with Gasteiger partial charge in [0.15, 0.2) is 6.61 Å². The van der Waals surface area contributed by atoms with Crippen LogP contribution in [0.1, 0.15) is 29.3 Å². The molecule has 1 aliphatic heterocycles. The minimum atomic E-state index is -0.774. The van der Waals surface area contributed by atoms with Crippen molar-refractivity contribution in [1.82, 2.24) is 10.4 Å². The molecule has 168 valence electrons. The Bertz CT molecular complexity index is 1020. The first-order chi connectivity index (χ1) is 15.4. The normalized spacial score (nSPS) is 15.2. The molecule has 2 aromatic rings. The van der Waals surface area contributed by atoms with E-state index in [2.05, 4.69) is 10.7 Å². The Morgan fingerprint density at radius 1 is 1.12 bits per heavy atom. The summed E-state index contributed by atoms with van der Waals surface area (Å²) in [5, 5.41) is 3.74. The molecule has 0 aliphatic carbocycles. The third-order valence-electron chi connectivity index (χ3n) is 4.78. The Morgan fingerprint density at radius 3 is 2.66 bits per heavy atom. The number of para-hydroxylation sites is 2. The molecule has 9 nitrogen and oxygen atoms in total. The van der Waals surface area contributed by atoms with Crippen molar-refractivity contribution >= 4 is 29.4 Å².